The highest BCUT2D eigenvalue weighted by molar-refractivity contribution is 5.79. The highest BCUT2D eigenvalue weighted by atomic mass is 16.7. The van der Waals surface area contributed by atoms with Crippen molar-refractivity contribution in [2.24, 2.45) is 11.3 Å². The van der Waals surface area contributed by atoms with Gasteiger partial charge in [-0.15, -0.1) is 12.3 Å². The summed E-state index contributed by atoms with van der Waals surface area (Å²) in [6, 6.07) is 0. The van der Waals surface area contributed by atoms with E-state index in [-0.39, 0.29) is 5.41 Å². The smallest absolute Gasteiger partial charge is 0.162 e. The highest BCUT2D eigenvalue weighted by Crippen LogP contribution is 2.44. The lowest BCUT2D eigenvalue weighted by atomic mass is 9.67. The van der Waals surface area contributed by atoms with E-state index < -0.39 is 5.79 Å². The van der Waals surface area contributed by atoms with E-state index >= 15 is 0 Å². The van der Waals surface area contributed by atoms with Crippen LogP contribution < -0.4 is 0 Å². The molecule has 0 aromatic heterocycles. The van der Waals surface area contributed by atoms with Crippen LogP contribution in [0.1, 0.15) is 46.0 Å². The Kier molecular flexibility index (Phi) is 3.79. The van der Waals surface area contributed by atoms with Gasteiger partial charge < -0.3 is 9.47 Å². The number of Topliss-reactive ketones (excluding diaryl/α,β-unsaturated/α-hetero) is 1. The fraction of sp³-hybridized carbons (Fsp3) is 0.800. The summed E-state index contributed by atoms with van der Waals surface area (Å²) in [4.78, 5) is 11.7. The van der Waals surface area contributed by atoms with Gasteiger partial charge in [-0.1, -0.05) is 0 Å². The van der Waals surface area contributed by atoms with Crippen LogP contribution in [0.25, 0.3) is 0 Å². The summed E-state index contributed by atoms with van der Waals surface area (Å²) in [5.41, 5.74) is -0.166. The molecule has 2 fully saturated rings. The van der Waals surface area contributed by atoms with Crippen LogP contribution in [0.15, 0.2) is 0 Å². The molecule has 1 unspecified atom stereocenters. The van der Waals surface area contributed by atoms with Crippen molar-refractivity contribution in [1.82, 2.24) is 0 Å². The monoisotopic (exact) mass is 250 g/mol. The molecule has 0 radical (unpaired) electrons. The molecule has 2 aliphatic rings. The lowest BCUT2D eigenvalue weighted by molar-refractivity contribution is -0.294. The second-order valence-corrected chi connectivity index (χ2v) is 6.05. The predicted octanol–water partition coefficient (Wildman–Crippen LogP) is 2.54. The Morgan fingerprint density at radius 2 is 2.06 bits per heavy atom. The number of terminal acetylenes is 1. The fourth-order valence-electron chi connectivity index (χ4n) is 2.95. The molecule has 18 heavy (non-hydrogen) atoms. The third-order valence-electron chi connectivity index (χ3n) is 4.22. The predicted molar refractivity (Wildman–Crippen MR) is 68.8 cm³/mol. The minimum atomic E-state index is -0.531. The number of ether oxygens (including phenoxy) is 2. The molecule has 0 spiro atoms. The standard InChI is InChI=1S/C15H22O3/c1-4-8-15(10-17-14(2,3)18-11-15)12-6-5-7-13(16)9-12/h1,12H,5-11H2,2-3H3. The zero-order valence-electron chi connectivity index (χ0n) is 11.3. The van der Waals surface area contributed by atoms with Gasteiger partial charge >= 0.3 is 0 Å². The maximum Gasteiger partial charge on any atom is 0.162 e. The molecule has 0 N–H and O–H groups in total. The van der Waals surface area contributed by atoms with E-state index in [1.807, 2.05) is 13.8 Å². The molecular formula is C15H22O3. The first kappa shape index (κ1) is 13.6. The molecule has 100 valence electrons. The number of hydrogen-bond donors (Lipinski definition) is 0. The molecule has 2 rings (SSSR count). The minimum Gasteiger partial charge on any atom is -0.350 e. The first-order valence-corrected chi connectivity index (χ1v) is 6.70. The molecule has 3 heteroatoms. The first-order valence-electron chi connectivity index (χ1n) is 6.70. The van der Waals surface area contributed by atoms with E-state index in [1.165, 1.54) is 0 Å². The number of carbonyl (C=O) groups is 1. The third-order valence-corrected chi connectivity index (χ3v) is 4.22. The van der Waals surface area contributed by atoms with Crippen molar-refractivity contribution in [2.75, 3.05) is 13.2 Å². The Labute approximate surface area is 109 Å². The van der Waals surface area contributed by atoms with Gasteiger partial charge in [0.2, 0.25) is 0 Å². The zero-order chi connectivity index (χ0) is 13.2. The number of hydrogen-bond acceptors (Lipinski definition) is 3. The average molecular weight is 250 g/mol. The van der Waals surface area contributed by atoms with E-state index in [9.17, 15) is 4.79 Å². The minimum absolute atomic E-state index is 0.166. The van der Waals surface area contributed by atoms with Crippen LogP contribution in [-0.4, -0.2) is 24.8 Å². The van der Waals surface area contributed by atoms with Crippen LogP contribution in [0, 0.1) is 23.7 Å². The fourth-order valence-corrected chi connectivity index (χ4v) is 2.95. The normalized spacial score (nSPS) is 30.7. The van der Waals surface area contributed by atoms with Gasteiger partial charge in [-0.3, -0.25) is 4.79 Å². The van der Waals surface area contributed by atoms with E-state index in [0.717, 1.165) is 19.3 Å². The molecule has 0 amide bonds. The van der Waals surface area contributed by atoms with Gasteiger partial charge in [0.25, 0.3) is 0 Å². The Morgan fingerprint density at radius 1 is 1.39 bits per heavy atom. The first-order chi connectivity index (χ1) is 8.47. The van der Waals surface area contributed by atoms with E-state index in [0.29, 0.717) is 37.8 Å². The van der Waals surface area contributed by atoms with Crippen molar-refractivity contribution in [1.29, 1.82) is 0 Å². The van der Waals surface area contributed by atoms with Crippen LogP contribution in [0.4, 0.5) is 0 Å². The van der Waals surface area contributed by atoms with Crippen LogP contribution >= 0.6 is 0 Å². The van der Waals surface area contributed by atoms with Crippen molar-refractivity contribution >= 4 is 5.78 Å². The molecule has 1 saturated heterocycles. The van der Waals surface area contributed by atoms with Crippen LogP contribution in [0.3, 0.4) is 0 Å². The van der Waals surface area contributed by atoms with Gasteiger partial charge in [-0.25, -0.2) is 0 Å². The van der Waals surface area contributed by atoms with Crippen LogP contribution in [-0.2, 0) is 14.3 Å². The summed E-state index contributed by atoms with van der Waals surface area (Å²) in [5, 5.41) is 0. The highest BCUT2D eigenvalue weighted by Gasteiger charge is 2.46. The summed E-state index contributed by atoms with van der Waals surface area (Å²) < 4.78 is 11.6. The molecule has 0 aromatic carbocycles. The molecule has 1 aliphatic carbocycles. The summed E-state index contributed by atoms with van der Waals surface area (Å²) in [5.74, 6) is 2.88. The second kappa shape index (κ2) is 5.03. The summed E-state index contributed by atoms with van der Waals surface area (Å²) in [6.07, 6.45) is 9.51. The van der Waals surface area contributed by atoms with Gasteiger partial charge in [-0.05, 0) is 32.6 Å². The quantitative estimate of drug-likeness (QED) is 0.706. The summed E-state index contributed by atoms with van der Waals surface area (Å²) >= 11 is 0. The Bertz CT molecular complexity index is 354. The van der Waals surface area contributed by atoms with E-state index in [4.69, 9.17) is 15.9 Å². The average Bonchev–Trinajstić information content (AvgIpc) is 2.33. The molecule has 1 saturated carbocycles. The van der Waals surface area contributed by atoms with Crippen LogP contribution in [0.2, 0.25) is 0 Å². The molecule has 1 atom stereocenters. The molecule has 3 nitrogen and oxygen atoms in total. The third kappa shape index (κ3) is 2.76. The van der Waals surface area contributed by atoms with Crippen molar-refractivity contribution in [3.63, 3.8) is 0 Å². The van der Waals surface area contributed by atoms with Crippen molar-refractivity contribution in [3.05, 3.63) is 0 Å². The van der Waals surface area contributed by atoms with Crippen molar-refractivity contribution in [3.8, 4) is 12.3 Å². The number of rotatable bonds is 2. The second-order valence-electron chi connectivity index (χ2n) is 6.05. The maximum atomic E-state index is 11.7. The van der Waals surface area contributed by atoms with Gasteiger partial charge in [-0.2, -0.15) is 0 Å². The lowest BCUT2D eigenvalue weighted by Gasteiger charge is -2.47. The Hall–Kier alpha value is -0.850. The molecular weight excluding hydrogens is 228 g/mol. The lowest BCUT2D eigenvalue weighted by Crippen LogP contribution is -2.51. The van der Waals surface area contributed by atoms with Gasteiger partial charge in [0.05, 0.1) is 13.2 Å². The molecule has 0 aromatic rings. The van der Waals surface area contributed by atoms with E-state index in [1.54, 1.807) is 0 Å². The van der Waals surface area contributed by atoms with E-state index in [2.05, 4.69) is 5.92 Å². The van der Waals surface area contributed by atoms with Crippen LogP contribution in [0.5, 0.6) is 0 Å². The molecule has 1 heterocycles. The Balaban J connectivity index is 2.12. The SMILES string of the molecule is C#CCC1(C2CCCC(=O)C2)COC(C)(C)OC1. The summed E-state index contributed by atoms with van der Waals surface area (Å²) in [6.45, 7) is 5.03. The molecule has 0 bridgehead atoms. The van der Waals surface area contributed by atoms with Gasteiger partial charge in [0.15, 0.2) is 5.79 Å². The number of carbonyl (C=O) groups excluding carboxylic acids is 1. The maximum absolute atomic E-state index is 11.7. The van der Waals surface area contributed by atoms with Crippen molar-refractivity contribution in [2.45, 2.75) is 51.7 Å². The topological polar surface area (TPSA) is 35.5 Å². The van der Waals surface area contributed by atoms with Gasteiger partial charge in [0.1, 0.15) is 5.78 Å². The molecule has 1 aliphatic heterocycles. The summed E-state index contributed by atoms with van der Waals surface area (Å²) in [7, 11) is 0. The zero-order valence-corrected chi connectivity index (χ0v) is 11.3. The van der Waals surface area contributed by atoms with Crippen molar-refractivity contribution < 1.29 is 14.3 Å². The Morgan fingerprint density at radius 3 is 2.61 bits per heavy atom. The van der Waals surface area contributed by atoms with Gasteiger partial charge in [0, 0.05) is 24.7 Å². The number of ketones is 1. The largest absolute Gasteiger partial charge is 0.350 e.